The number of nitrogens with one attached hydrogen (secondary N) is 3. The molecule has 300 valence electrons. The average molecular weight is 781 g/mol. The van der Waals surface area contributed by atoms with Crippen LogP contribution < -0.4 is 11.1 Å². The monoisotopic (exact) mass is 780 g/mol. The summed E-state index contributed by atoms with van der Waals surface area (Å²) >= 11 is 0. The number of benzene rings is 2. The maximum atomic E-state index is 13.8. The number of nitrogens with zero attached hydrogens (tertiary/aromatic N) is 4. The number of aromatic amines is 2. The number of amides is 4. The van der Waals surface area contributed by atoms with Crippen LogP contribution in [0.3, 0.4) is 0 Å². The lowest BCUT2D eigenvalue weighted by molar-refractivity contribution is -0.155. The first kappa shape index (κ1) is 38.1. The normalized spacial score (nSPS) is 24.6. The van der Waals surface area contributed by atoms with Gasteiger partial charge in [0.1, 0.15) is 23.3 Å². The summed E-state index contributed by atoms with van der Waals surface area (Å²) in [4.78, 5) is 70.6. The molecule has 4 aliphatic rings. The minimum Gasteiger partial charge on any atom is -0.453 e. The van der Waals surface area contributed by atoms with Crippen molar-refractivity contribution in [2.75, 3.05) is 7.11 Å². The van der Waals surface area contributed by atoms with Gasteiger partial charge in [0.2, 0.25) is 12.0 Å². The van der Waals surface area contributed by atoms with Gasteiger partial charge in [-0.2, -0.15) is 0 Å². The van der Waals surface area contributed by atoms with Crippen molar-refractivity contribution in [1.29, 1.82) is 0 Å². The Hall–Kier alpha value is -5.74. The Kier molecular flexibility index (Phi) is 9.38. The number of likely N-dealkylation sites (tertiary alicyclic amines) is 2. The van der Waals surface area contributed by atoms with E-state index in [0.29, 0.717) is 29.9 Å². The zero-order valence-corrected chi connectivity index (χ0v) is 32.4. The topological polar surface area (TPSA) is 229 Å². The molecule has 2 aromatic carbocycles. The van der Waals surface area contributed by atoms with E-state index in [1.807, 2.05) is 48.5 Å². The number of primary amides is 1. The Labute approximate surface area is 329 Å². The molecule has 0 bridgehead atoms. The van der Waals surface area contributed by atoms with Crippen molar-refractivity contribution in [1.82, 2.24) is 35.1 Å². The lowest BCUT2D eigenvalue weighted by Crippen LogP contribution is -2.59. The van der Waals surface area contributed by atoms with Crippen LogP contribution in [-0.2, 0) is 19.1 Å². The molecule has 8 atom stereocenters. The van der Waals surface area contributed by atoms with Gasteiger partial charge in [-0.3, -0.25) is 9.59 Å². The fourth-order valence-corrected chi connectivity index (χ4v) is 8.64. The van der Waals surface area contributed by atoms with E-state index < -0.39 is 41.4 Å². The maximum absolute atomic E-state index is 13.8. The number of piperidine rings is 2. The third-order valence-corrected chi connectivity index (χ3v) is 11.8. The standard InChI is InChI=1S/C41H48N8O8/c1-40(2,54)32(47-39(53)56-5)36(50)48-28-14-24(28)16-30(48)34-43-18-26(45-34)22-10-6-20(7-11-22)21-8-12-23(13-9-21)27-19-44-35(46-27)31-17-25-15-29(25)49(31)37(51)33(41(3,4)55)57-38(42)52/h6-13,18-19,24-25,28-33,54-55H,14-17H2,1-5H3,(H2,42,52)(H,43,45)(H,44,46)(H,47,53)/t24-,25-,28-,29-,30-,31-,32+,33+/m0/s1. The van der Waals surface area contributed by atoms with Gasteiger partial charge in [0.25, 0.3) is 5.91 Å². The highest BCUT2D eigenvalue weighted by Gasteiger charge is 2.58. The summed E-state index contributed by atoms with van der Waals surface area (Å²) in [7, 11) is 1.21. The molecule has 4 fully saturated rings. The van der Waals surface area contributed by atoms with Gasteiger partial charge in [-0.05, 0) is 87.5 Å². The molecule has 2 aromatic heterocycles. The van der Waals surface area contributed by atoms with Crippen LogP contribution in [0.2, 0.25) is 0 Å². The smallest absolute Gasteiger partial charge is 0.407 e. The van der Waals surface area contributed by atoms with Gasteiger partial charge in [0, 0.05) is 12.1 Å². The number of rotatable bonds is 11. The lowest BCUT2D eigenvalue weighted by atomic mass is 9.97. The third-order valence-electron chi connectivity index (χ3n) is 11.8. The summed E-state index contributed by atoms with van der Waals surface area (Å²) < 4.78 is 9.80. The Bertz CT molecular complexity index is 2190. The number of aliphatic hydroxyl groups is 2. The quantitative estimate of drug-likeness (QED) is 0.127. The summed E-state index contributed by atoms with van der Waals surface area (Å²) in [6, 6.07) is 14.3. The van der Waals surface area contributed by atoms with Gasteiger partial charge in [0.15, 0.2) is 0 Å². The number of hydrogen-bond acceptors (Lipinski definition) is 10. The number of H-pyrrole nitrogens is 2. The number of alkyl carbamates (subject to hydrolysis) is 1. The van der Waals surface area contributed by atoms with Crippen LogP contribution in [0.5, 0.6) is 0 Å². The van der Waals surface area contributed by atoms with Gasteiger partial charge in [-0.25, -0.2) is 19.6 Å². The zero-order chi connectivity index (χ0) is 40.6. The molecular formula is C41H48N8O8. The Morgan fingerprint density at radius 3 is 1.58 bits per heavy atom. The van der Waals surface area contributed by atoms with Crippen LogP contribution in [0.1, 0.15) is 77.1 Å². The molecule has 2 saturated carbocycles. The molecule has 2 saturated heterocycles. The van der Waals surface area contributed by atoms with E-state index in [2.05, 4.69) is 25.3 Å². The van der Waals surface area contributed by atoms with E-state index in [4.69, 9.17) is 15.2 Å². The highest BCUT2D eigenvalue weighted by atomic mass is 16.6. The van der Waals surface area contributed by atoms with Gasteiger partial charge in [0.05, 0.1) is 48.6 Å². The van der Waals surface area contributed by atoms with Crippen molar-refractivity contribution in [2.45, 2.75) is 101 Å². The number of fused-ring (bicyclic) bond motifs is 2. The van der Waals surface area contributed by atoms with Crippen LogP contribution in [0.25, 0.3) is 33.6 Å². The molecule has 8 rings (SSSR count). The number of hydrogen-bond donors (Lipinski definition) is 6. The van der Waals surface area contributed by atoms with Gasteiger partial charge in [-0.1, -0.05) is 48.5 Å². The molecule has 0 radical (unpaired) electrons. The third kappa shape index (κ3) is 7.34. The zero-order valence-electron chi connectivity index (χ0n) is 32.4. The molecular weight excluding hydrogens is 732 g/mol. The maximum Gasteiger partial charge on any atom is 0.407 e. The molecule has 2 aliphatic heterocycles. The largest absolute Gasteiger partial charge is 0.453 e. The average Bonchev–Trinajstić information content (AvgIpc) is 3.76. The van der Waals surface area contributed by atoms with Crippen LogP contribution in [0.4, 0.5) is 9.59 Å². The van der Waals surface area contributed by atoms with Crippen molar-refractivity contribution >= 4 is 24.0 Å². The lowest BCUT2D eigenvalue weighted by Gasteiger charge is -2.35. The van der Waals surface area contributed by atoms with Gasteiger partial charge in [-0.15, -0.1) is 0 Å². The number of methoxy groups -OCH3 is 1. The predicted molar refractivity (Wildman–Crippen MR) is 206 cm³/mol. The molecule has 0 spiro atoms. The van der Waals surface area contributed by atoms with Gasteiger partial charge < -0.3 is 50.5 Å². The van der Waals surface area contributed by atoms with Crippen LogP contribution >= 0.6 is 0 Å². The van der Waals surface area contributed by atoms with Crippen LogP contribution in [-0.4, -0.2) is 106 Å². The summed E-state index contributed by atoms with van der Waals surface area (Å²) in [6.45, 7) is 5.80. The van der Waals surface area contributed by atoms with Crippen molar-refractivity contribution in [2.24, 2.45) is 17.6 Å². The number of carbonyl (C=O) groups excluding carboxylic acids is 4. The summed E-state index contributed by atoms with van der Waals surface area (Å²) in [5.74, 6) is 1.08. The second-order valence-corrected chi connectivity index (χ2v) is 16.8. The summed E-state index contributed by atoms with van der Waals surface area (Å²) in [5.41, 5.74) is 7.55. The first-order valence-electron chi connectivity index (χ1n) is 19.2. The van der Waals surface area contributed by atoms with Crippen molar-refractivity contribution in [3.8, 4) is 33.6 Å². The van der Waals surface area contributed by atoms with E-state index in [0.717, 1.165) is 52.9 Å². The fraction of sp³-hybridized carbons (Fsp3) is 0.463. The molecule has 7 N–H and O–H groups in total. The van der Waals surface area contributed by atoms with E-state index in [9.17, 15) is 29.4 Å². The van der Waals surface area contributed by atoms with Crippen LogP contribution in [0.15, 0.2) is 60.9 Å². The van der Waals surface area contributed by atoms with Crippen molar-refractivity contribution in [3.63, 3.8) is 0 Å². The fourth-order valence-electron chi connectivity index (χ4n) is 8.64. The Balaban J connectivity index is 0.940. The number of nitrogens with two attached hydrogens (primary N) is 1. The first-order chi connectivity index (χ1) is 27.0. The van der Waals surface area contributed by atoms with E-state index in [-0.39, 0.29) is 30.1 Å². The molecule has 57 heavy (non-hydrogen) atoms. The van der Waals surface area contributed by atoms with Gasteiger partial charge >= 0.3 is 12.2 Å². The second-order valence-electron chi connectivity index (χ2n) is 16.8. The minimum absolute atomic E-state index is 0.00584. The highest BCUT2D eigenvalue weighted by molar-refractivity contribution is 5.88. The van der Waals surface area contributed by atoms with E-state index in [1.54, 1.807) is 22.2 Å². The molecule has 16 nitrogen and oxygen atoms in total. The van der Waals surface area contributed by atoms with E-state index >= 15 is 0 Å². The Morgan fingerprint density at radius 1 is 0.737 bits per heavy atom. The summed E-state index contributed by atoms with van der Waals surface area (Å²) in [5, 5.41) is 23.9. The van der Waals surface area contributed by atoms with Crippen molar-refractivity contribution in [3.05, 3.63) is 72.6 Å². The molecule has 4 aromatic rings. The Morgan fingerprint density at radius 2 is 1.18 bits per heavy atom. The number of aromatic nitrogens is 4. The highest BCUT2D eigenvalue weighted by Crippen LogP contribution is 2.54. The summed E-state index contributed by atoms with van der Waals surface area (Å²) in [6.07, 6.45) is 3.34. The van der Waals surface area contributed by atoms with E-state index in [1.165, 1.54) is 34.8 Å². The number of carbonyl (C=O) groups is 4. The van der Waals surface area contributed by atoms with Crippen molar-refractivity contribution < 1.29 is 38.9 Å². The molecule has 4 heterocycles. The molecule has 16 heteroatoms. The first-order valence-corrected chi connectivity index (χ1v) is 19.2. The SMILES string of the molecule is COC(=O)N[C@H](C(=O)N1[C@H](c2ncc(-c3ccc(-c4ccc(-c5cnc([C@@H]6C[C@@H]7C[C@@H]7N6C(=O)[C@@H](OC(N)=O)C(C)(C)O)[nH]5)cc4)cc3)[nH]2)C[C@@H]2C[C@@H]21)C(C)(C)O. The minimum atomic E-state index is -1.62. The number of imidazole rings is 2. The molecule has 4 amide bonds. The predicted octanol–water partition coefficient (Wildman–Crippen LogP) is 4.19. The second kappa shape index (κ2) is 14.0. The molecule has 2 aliphatic carbocycles. The number of ether oxygens (including phenoxy) is 2. The molecule has 0 unspecified atom stereocenters. The van der Waals surface area contributed by atoms with Crippen LogP contribution in [0, 0.1) is 11.8 Å².